The number of carbonyl (C=O) groups excluding carboxylic acids is 2. The van der Waals surface area contributed by atoms with Gasteiger partial charge in [0.05, 0.1) is 12.2 Å². The van der Waals surface area contributed by atoms with Crippen molar-refractivity contribution in [1.82, 2.24) is 5.32 Å². The first-order valence-electron chi connectivity index (χ1n) is 7.91. The number of nitrogens with zero attached hydrogens (tertiary/aromatic N) is 1. The van der Waals surface area contributed by atoms with E-state index in [2.05, 4.69) is 5.32 Å². The number of aryl methyl sites for hydroxylation is 1. The maximum Gasteiger partial charge on any atom is 0.263 e. The Morgan fingerprint density at radius 2 is 1.88 bits per heavy atom. The molecule has 0 radical (unpaired) electrons. The highest BCUT2D eigenvalue weighted by Gasteiger charge is 2.32. The van der Waals surface area contributed by atoms with Gasteiger partial charge in [-0.25, -0.2) is 0 Å². The van der Waals surface area contributed by atoms with Gasteiger partial charge in [-0.15, -0.1) is 0 Å². The summed E-state index contributed by atoms with van der Waals surface area (Å²) in [7, 11) is 0. The van der Waals surface area contributed by atoms with Crippen LogP contribution in [0.2, 0.25) is 0 Å². The predicted octanol–water partition coefficient (Wildman–Crippen LogP) is 2.43. The largest absolute Gasteiger partial charge is 0.477 e. The Balaban J connectivity index is 1.69. The number of para-hydroxylation sites is 2. The summed E-state index contributed by atoms with van der Waals surface area (Å²) in [5.74, 6) is 0.216. The topological polar surface area (TPSA) is 58.6 Å². The van der Waals surface area contributed by atoms with Gasteiger partial charge in [-0.1, -0.05) is 42.0 Å². The number of rotatable bonds is 3. The standard InChI is InChI=1S/C19H20N2O3/c1-13-7-9-15(10-8-13)11-20-19(23)18-12-21(14(2)22)16-5-3-4-6-17(16)24-18/h3-10,18H,11-12H2,1-2H3,(H,20,23). The number of anilines is 1. The summed E-state index contributed by atoms with van der Waals surface area (Å²) in [5, 5.41) is 2.88. The fraction of sp³-hybridized carbons (Fsp3) is 0.263. The van der Waals surface area contributed by atoms with Gasteiger partial charge in [0.2, 0.25) is 5.91 Å². The number of ether oxygens (including phenoxy) is 1. The monoisotopic (exact) mass is 324 g/mol. The Bertz CT molecular complexity index is 755. The predicted molar refractivity (Wildman–Crippen MR) is 91.9 cm³/mol. The Morgan fingerprint density at radius 1 is 1.17 bits per heavy atom. The third kappa shape index (κ3) is 3.40. The molecule has 5 nitrogen and oxygen atoms in total. The molecule has 1 atom stereocenters. The highest BCUT2D eigenvalue weighted by Crippen LogP contribution is 2.33. The zero-order chi connectivity index (χ0) is 17.1. The van der Waals surface area contributed by atoms with Gasteiger partial charge in [0, 0.05) is 13.5 Å². The molecular formula is C19H20N2O3. The van der Waals surface area contributed by atoms with Crippen LogP contribution in [-0.2, 0) is 16.1 Å². The minimum Gasteiger partial charge on any atom is -0.477 e. The molecule has 0 aliphatic carbocycles. The van der Waals surface area contributed by atoms with Crippen LogP contribution in [-0.4, -0.2) is 24.5 Å². The van der Waals surface area contributed by atoms with E-state index in [-0.39, 0.29) is 18.4 Å². The molecule has 2 aromatic carbocycles. The van der Waals surface area contributed by atoms with Crippen molar-refractivity contribution in [3.63, 3.8) is 0 Å². The van der Waals surface area contributed by atoms with Crippen LogP contribution in [0.15, 0.2) is 48.5 Å². The molecule has 2 aromatic rings. The molecule has 0 aromatic heterocycles. The lowest BCUT2D eigenvalue weighted by molar-refractivity contribution is -0.128. The van der Waals surface area contributed by atoms with Gasteiger partial charge in [0.25, 0.3) is 5.91 Å². The van der Waals surface area contributed by atoms with Crippen molar-refractivity contribution in [3.8, 4) is 5.75 Å². The number of hydrogen-bond acceptors (Lipinski definition) is 3. The second-order valence-electron chi connectivity index (χ2n) is 5.91. The molecule has 0 saturated carbocycles. The van der Waals surface area contributed by atoms with Gasteiger partial charge in [0.1, 0.15) is 5.75 Å². The molecule has 1 aliphatic heterocycles. The van der Waals surface area contributed by atoms with E-state index < -0.39 is 6.10 Å². The number of hydrogen-bond donors (Lipinski definition) is 1. The summed E-state index contributed by atoms with van der Waals surface area (Å²) in [6.45, 7) is 4.15. The molecule has 0 bridgehead atoms. The van der Waals surface area contributed by atoms with Crippen LogP contribution in [0.25, 0.3) is 0 Å². The van der Waals surface area contributed by atoms with E-state index in [9.17, 15) is 9.59 Å². The maximum absolute atomic E-state index is 12.4. The molecule has 1 aliphatic rings. The second kappa shape index (κ2) is 6.74. The molecule has 0 saturated heterocycles. The van der Waals surface area contributed by atoms with E-state index in [0.717, 1.165) is 5.56 Å². The molecule has 3 rings (SSSR count). The minimum absolute atomic E-state index is 0.109. The van der Waals surface area contributed by atoms with Crippen molar-refractivity contribution in [3.05, 3.63) is 59.7 Å². The molecule has 1 N–H and O–H groups in total. The SMILES string of the molecule is CC(=O)N1CC(C(=O)NCc2ccc(C)cc2)Oc2ccccc21. The molecule has 24 heavy (non-hydrogen) atoms. The summed E-state index contributed by atoms with van der Waals surface area (Å²) >= 11 is 0. The van der Waals surface area contributed by atoms with Crippen LogP contribution in [0.5, 0.6) is 5.75 Å². The number of benzene rings is 2. The zero-order valence-electron chi connectivity index (χ0n) is 13.8. The minimum atomic E-state index is -0.714. The smallest absolute Gasteiger partial charge is 0.263 e. The lowest BCUT2D eigenvalue weighted by atomic mass is 10.1. The molecule has 124 valence electrons. The number of nitrogens with one attached hydrogen (secondary N) is 1. The molecule has 0 spiro atoms. The zero-order valence-corrected chi connectivity index (χ0v) is 13.8. The van der Waals surface area contributed by atoms with Crippen molar-refractivity contribution < 1.29 is 14.3 Å². The number of fused-ring (bicyclic) bond motifs is 1. The molecule has 1 unspecified atom stereocenters. The first kappa shape index (κ1) is 16.1. The summed E-state index contributed by atoms with van der Waals surface area (Å²) in [5.41, 5.74) is 2.90. The van der Waals surface area contributed by atoms with Crippen molar-refractivity contribution in [2.45, 2.75) is 26.5 Å². The summed E-state index contributed by atoms with van der Waals surface area (Å²) in [6.07, 6.45) is -0.714. The highest BCUT2D eigenvalue weighted by molar-refractivity contribution is 5.95. The summed E-state index contributed by atoms with van der Waals surface area (Å²) < 4.78 is 5.78. The van der Waals surface area contributed by atoms with E-state index >= 15 is 0 Å². The fourth-order valence-electron chi connectivity index (χ4n) is 2.68. The molecule has 2 amide bonds. The van der Waals surface area contributed by atoms with Crippen LogP contribution in [0, 0.1) is 6.92 Å². The molecule has 0 fully saturated rings. The van der Waals surface area contributed by atoms with Gasteiger partial charge in [-0.2, -0.15) is 0 Å². The third-order valence-corrected chi connectivity index (χ3v) is 4.03. The molecule has 1 heterocycles. The highest BCUT2D eigenvalue weighted by atomic mass is 16.5. The van der Waals surface area contributed by atoms with Crippen molar-refractivity contribution in [2.24, 2.45) is 0 Å². The van der Waals surface area contributed by atoms with Gasteiger partial charge >= 0.3 is 0 Å². The van der Waals surface area contributed by atoms with E-state index in [4.69, 9.17) is 4.74 Å². The normalized spacial score (nSPS) is 16.1. The average molecular weight is 324 g/mol. The lowest BCUT2D eigenvalue weighted by Crippen LogP contribution is -2.50. The second-order valence-corrected chi connectivity index (χ2v) is 5.91. The fourth-order valence-corrected chi connectivity index (χ4v) is 2.68. The maximum atomic E-state index is 12.4. The quantitative estimate of drug-likeness (QED) is 0.943. The van der Waals surface area contributed by atoms with E-state index in [1.807, 2.05) is 49.4 Å². The van der Waals surface area contributed by atoms with Gasteiger partial charge in [-0.3, -0.25) is 9.59 Å². The molecule has 5 heteroatoms. The Kier molecular flexibility index (Phi) is 4.51. The van der Waals surface area contributed by atoms with Gasteiger partial charge < -0.3 is 15.0 Å². The van der Waals surface area contributed by atoms with Crippen LogP contribution < -0.4 is 15.0 Å². The van der Waals surface area contributed by atoms with Crippen LogP contribution in [0.3, 0.4) is 0 Å². The lowest BCUT2D eigenvalue weighted by Gasteiger charge is -2.33. The summed E-state index contributed by atoms with van der Waals surface area (Å²) in [6, 6.07) is 15.2. The Morgan fingerprint density at radius 3 is 2.58 bits per heavy atom. The number of amides is 2. The van der Waals surface area contributed by atoms with Crippen molar-refractivity contribution in [2.75, 3.05) is 11.4 Å². The van der Waals surface area contributed by atoms with E-state index in [0.29, 0.717) is 18.0 Å². The van der Waals surface area contributed by atoms with Crippen molar-refractivity contribution >= 4 is 17.5 Å². The van der Waals surface area contributed by atoms with Crippen LogP contribution in [0.4, 0.5) is 5.69 Å². The van der Waals surface area contributed by atoms with E-state index in [1.54, 1.807) is 11.0 Å². The third-order valence-electron chi connectivity index (χ3n) is 4.03. The van der Waals surface area contributed by atoms with E-state index in [1.165, 1.54) is 12.5 Å². The molecular weight excluding hydrogens is 304 g/mol. The van der Waals surface area contributed by atoms with Crippen molar-refractivity contribution in [1.29, 1.82) is 0 Å². The average Bonchev–Trinajstić information content (AvgIpc) is 2.59. The van der Waals surface area contributed by atoms with Gasteiger partial charge in [0.15, 0.2) is 6.10 Å². The summed E-state index contributed by atoms with van der Waals surface area (Å²) in [4.78, 5) is 25.9. The van der Waals surface area contributed by atoms with Crippen LogP contribution in [0.1, 0.15) is 18.1 Å². The Labute approximate surface area is 141 Å². The first-order valence-corrected chi connectivity index (χ1v) is 7.91. The first-order chi connectivity index (χ1) is 11.5. The van der Waals surface area contributed by atoms with Gasteiger partial charge in [-0.05, 0) is 24.6 Å². The number of carbonyl (C=O) groups is 2. The Hall–Kier alpha value is -2.82. The van der Waals surface area contributed by atoms with Crippen LogP contribution >= 0.6 is 0 Å².